The highest BCUT2D eigenvalue weighted by atomic mass is 19.4. The number of carbonyl (C=O) groups excluding carboxylic acids is 1. The maximum absolute atomic E-state index is 12.9. The Labute approximate surface area is 120 Å². The Morgan fingerprint density at radius 3 is 2.62 bits per heavy atom. The largest absolute Gasteiger partial charge is 0.445 e. The second kappa shape index (κ2) is 6.34. The number of rotatable bonds is 2. The molecule has 0 bridgehead atoms. The van der Waals surface area contributed by atoms with Gasteiger partial charge in [-0.25, -0.2) is 4.79 Å². The van der Waals surface area contributed by atoms with E-state index in [0.29, 0.717) is 10.5 Å². The molecule has 2 unspecified atom stereocenters. The summed E-state index contributed by atoms with van der Waals surface area (Å²) in [6.45, 7) is -0.248. The highest BCUT2D eigenvalue weighted by Gasteiger charge is 2.48. The fourth-order valence-corrected chi connectivity index (χ4v) is 2.28. The van der Waals surface area contributed by atoms with Crippen LogP contribution in [-0.4, -0.2) is 41.0 Å². The Morgan fingerprint density at radius 2 is 2.00 bits per heavy atom. The molecular formula is C14H16F3NO3. The number of carbonyl (C=O) groups is 1. The SMILES string of the molecule is O=C(OCc1ccccc1)N1CCC(O)CC1C(F)(F)F. The molecule has 1 fully saturated rings. The second-order valence-electron chi connectivity index (χ2n) is 4.97. The lowest BCUT2D eigenvalue weighted by Gasteiger charge is -2.37. The number of aliphatic hydroxyl groups excluding tert-OH is 1. The van der Waals surface area contributed by atoms with E-state index in [-0.39, 0.29) is 19.6 Å². The smallest absolute Gasteiger partial charge is 0.410 e. The number of alkyl halides is 3. The van der Waals surface area contributed by atoms with Gasteiger partial charge in [0.25, 0.3) is 0 Å². The maximum Gasteiger partial charge on any atom is 0.410 e. The highest BCUT2D eigenvalue weighted by Crippen LogP contribution is 2.32. The van der Waals surface area contributed by atoms with Gasteiger partial charge in [-0.1, -0.05) is 30.3 Å². The monoisotopic (exact) mass is 303 g/mol. The molecule has 7 heteroatoms. The second-order valence-corrected chi connectivity index (χ2v) is 4.97. The molecule has 0 aromatic heterocycles. The third-order valence-electron chi connectivity index (χ3n) is 3.39. The summed E-state index contributed by atoms with van der Waals surface area (Å²) in [6.07, 6.45) is -7.02. The molecule has 2 rings (SSSR count). The standard InChI is InChI=1S/C14H16F3NO3/c15-14(16,17)12-8-11(19)6-7-18(12)13(20)21-9-10-4-2-1-3-5-10/h1-5,11-12,19H,6-9H2. The molecule has 1 heterocycles. The molecule has 1 amide bonds. The molecule has 0 spiro atoms. The van der Waals surface area contributed by atoms with E-state index in [1.807, 2.05) is 0 Å². The predicted molar refractivity (Wildman–Crippen MR) is 68.4 cm³/mol. The van der Waals surface area contributed by atoms with E-state index in [2.05, 4.69) is 0 Å². The van der Waals surface area contributed by atoms with E-state index in [1.165, 1.54) is 0 Å². The van der Waals surface area contributed by atoms with Gasteiger partial charge in [-0.3, -0.25) is 4.90 Å². The minimum atomic E-state index is -4.58. The summed E-state index contributed by atoms with van der Waals surface area (Å²) in [5.74, 6) is 0. The van der Waals surface area contributed by atoms with Crippen LogP contribution in [0.4, 0.5) is 18.0 Å². The van der Waals surface area contributed by atoms with Crippen molar-refractivity contribution in [2.75, 3.05) is 6.54 Å². The summed E-state index contributed by atoms with van der Waals surface area (Å²) in [4.78, 5) is 12.5. The Bertz CT molecular complexity index is 478. The zero-order chi connectivity index (χ0) is 15.5. The van der Waals surface area contributed by atoms with Gasteiger partial charge in [0.1, 0.15) is 12.6 Å². The van der Waals surface area contributed by atoms with Crippen LogP contribution in [-0.2, 0) is 11.3 Å². The van der Waals surface area contributed by atoms with Crippen molar-refractivity contribution in [2.24, 2.45) is 0 Å². The first kappa shape index (κ1) is 15.6. The van der Waals surface area contributed by atoms with Crippen molar-refractivity contribution in [3.05, 3.63) is 35.9 Å². The van der Waals surface area contributed by atoms with Crippen molar-refractivity contribution in [3.8, 4) is 0 Å². The van der Waals surface area contributed by atoms with Crippen molar-refractivity contribution in [2.45, 2.75) is 37.8 Å². The number of ether oxygens (including phenoxy) is 1. The first-order chi connectivity index (χ1) is 9.88. The van der Waals surface area contributed by atoms with Crippen LogP contribution in [0.1, 0.15) is 18.4 Å². The van der Waals surface area contributed by atoms with Gasteiger partial charge < -0.3 is 9.84 Å². The average Bonchev–Trinajstić information content (AvgIpc) is 2.45. The Morgan fingerprint density at radius 1 is 1.33 bits per heavy atom. The van der Waals surface area contributed by atoms with E-state index < -0.39 is 30.8 Å². The Hall–Kier alpha value is -1.76. The third-order valence-corrected chi connectivity index (χ3v) is 3.39. The normalized spacial score (nSPS) is 23.0. The first-order valence-electron chi connectivity index (χ1n) is 6.60. The summed E-state index contributed by atoms with van der Waals surface area (Å²) >= 11 is 0. The van der Waals surface area contributed by atoms with E-state index in [9.17, 15) is 23.1 Å². The van der Waals surface area contributed by atoms with Crippen molar-refractivity contribution < 1.29 is 27.8 Å². The Kier molecular flexibility index (Phi) is 4.72. The number of amides is 1. The number of benzene rings is 1. The van der Waals surface area contributed by atoms with E-state index >= 15 is 0 Å². The fourth-order valence-electron chi connectivity index (χ4n) is 2.28. The maximum atomic E-state index is 12.9. The number of hydrogen-bond acceptors (Lipinski definition) is 3. The number of halogens is 3. The number of likely N-dealkylation sites (tertiary alicyclic amines) is 1. The molecule has 0 aliphatic carbocycles. The van der Waals surface area contributed by atoms with Crippen LogP contribution in [0.2, 0.25) is 0 Å². The van der Waals surface area contributed by atoms with Crippen LogP contribution < -0.4 is 0 Å². The number of hydrogen-bond donors (Lipinski definition) is 1. The molecule has 0 saturated carbocycles. The molecule has 0 radical (unpaired) electrons. The van der Waals surface area contributed by atoms with Gasteiger partial charge >= 0.3 is 12.3 Å². The summed E-state index contributed by atoms with van der Waals surface area (Å²) in [5.41, 5.74) is 0.700. The zero-order valence-corrected chi connectivity index (χ0v) is 11.2. The lowest BCUT2D eigenvalue weighted by atomic mass is 9.99. The van der Waals surface area contributed by atoms with Crippen LogP contribution in [0.25, 0.3) is 0 Å². The molecule has 4 nitrogen and oxygen atoms in total. The zero-order valence-electron chi connectivity index (χ0n) is 11.2. The van der Waals surface area contributed by atoms with E-state index in [4.69, 9.17) is 4.74 Å². The molecule has 1 aliphatic heterocycles. The minimum absolute atomic E-state index is 0.0801. The van der Waals surface area contributed by atoms with Gasteiger partial charge in [-0.15, -0.1) is 0 Å². The van der Waals surface area contributed by atoms with Crippen molar-refractivity contribution in [1.29, 1.82) is 0 Å². The number of nitrogens with zero attached hydrogens (tertiary/aromatic N) is 1. The summed E-state index contributed by atoms with van der Waals surface area (Å²) in [7, 11) is 0. The highest BCUT2D eigenvalue weighted by molar-refractivity contribution is 5.68. The van der Waals surface area contributed by atoms with E-state index in [0.717, 1.165) is 0 Å². The minimum Gasteiger partial charge on any atom is -0.445 e. The number of aliphatic hydroxyl groups is 1. The van der Waals surface area contributed by atoms with Gasteiger partial charge in [0.2, 0.25) is 0 Å². The van der Waals surface area contributed by atoms with Crippen LogP contribution >= 0.6 is 0 Å². The first-order valence-corrected chi connectivity index (χ1v) is 6.60. The van der Waals surface area contributed by atoms with Crippen LogP contribution in [0.15, 0.2) is 30.3 Å². The topological polar surface area (TPSA) is 49.8 Å². The van der Waals surface area contributed by atoms with Gasteiger partial charge in [0.05, 0.1) is 6.10 Å². The van der Waals surface area contributed by atoms with Gasteiger partial charge in [-0.2, -0.15) is 13.2 Å². The fraction of sp³-hybridized carbons (Fsp3) is 0.500. The number of piperidine rings is 1. The van der Waals surface area contributed by atoms with E-state index in [1.54, 1.807) is 30.3 Å². The van der Waals surface area contributed by atoms with Gasteiger partial charge in [0.15, 0.2) is 0 Å². The predicted octanol–water partition coefficient (Wildman–Crippen LogP) is 2.71. The van der Waals surface area contributed by atoms with Crippen molar-refractivity contribution >= 4 is 6.09 Å². The summed E-state index contributed by atoms with van der Waals surface area (Å²) in [6, 6.07) is 6.72. The summed E-state index contributed by atoms with van der Waals surface area (Å²) < 4.78 is 43.7. The molecule has 116 valence electrons. The van der Waals surface area contributed by atoms with Gasteiger partial charge in [0, 0.05) is 13.0 Å². The van der Waals surface area contributed by atoms with Crippen LogP contribution in [0, 0.1) is 0 Å². The molecule has 1 N–H and O–H groups in total. The average molecular weight is 303 g/mol. The molecule has 1 aromatic rings. The molecule has 1 saturated heterocycles. The van der Waals surface area contributed by atoms with Crippen molar-refractivity contribution in [1.82, 2.24) is 4.90 Å². The summed E-state index contributed by atoms with van der Waals surface area (Å²) in [5, 5.41) is 9.37. The molecule has 2 atom stereocenters. The lowest BCUT2D eigenvalue weighted by molar-refractivity contribution is -0.194. The van der Waals surface area contributed by atoms with Crippen LogP contribution in [0.3, 0.4) is 0 Å². The Balaban J connectivity index is 1.99. The van der Waals surface area contributed by atoms with Crippen LogP contribution in [0.5, 0.6) is 0 Å². The molecular weight excluding hydrogens is 287 g/mol. The quantitative estimate of drug-likeness (QED) is 0.914. The lowest BCUT2D eigenvalue weighted by Crippen LogP contribution is -2.54. The third kappa shape index (κ3) is 4.10. The molecule has 1 aliphatic rings. The van der Waals surface area contributed by atoms with Gasteiger partial charge in [-0.05, 0) is 12.0 Å². The molecule has 21 heavy (non-hydrogen) atoms. The van der Waals surface area contributed by atoms with Crippen molar-refractivity contribution in [3.63, 3.8) is 0 Å². The molecule has 1 aromatic carbocycles.